The summed E-state index contributed by atoms with van der Waals surface area (Å²) in [5, 5.41) is 17.4. The molecule has 4 heterocycles. The third kappa shape index (κ3) is 5.87. The molecule has 1 amide bonds. The summed E-state index contributed by atoms with van der Waals surface area (Å²) in [7, 11) is 0. The summed E-state index contributed by atoms with van der Waals surface area (Å²) in [6.07, 6.45) is 2.89. The van der Waals surface area contributed by atoms with Crippen molar-refractivity contribution in [1.82, 2.24) is 19.6 Å². The van der Waals surface area contributed by atoms with Crippen molar-refractivity contribution in [3.8, 4) is 11.3 Å². The Morgan fingerprint density at radius 1 is 0.902 bits per heavy atom. The van der Waals surface area contributed by atoms with Crippen LogP contribution in [0.25, 0.3) is 27.8 Å². The summed E-state index contributed by atoms with van der Waals surface area (Å²) in [5.74, 6) is -1.34. The van der Waals surface area contributed by atoms with Gasteiger partial charge in [0.1, 0.15) is 0 Å². The van der Waals surface area contributed by atoms with Gasteiger partial charge in [-0.15, -0.1) is 0 Å². The summed E-state index contributed by atoms with van der Waals surface area (Å²) in [5.41, 5.74) is 7.07. The van der Waals surface area contributed by atoms with Crippen LogP contribution in [0, 0.1) is 0 Å². The third-order valence-electron chi connectivity index (χ3n) is 7.20. The fourth-order valence-electron chi connectivity index (χ4n) is 5.14. The zero-order valence-corrected chi connectivity index (χ0v) is 22.5. The summed E-state index contributed by atoms with van der Waals surface area (Å²) in [6, 6.07) is 21.7. The number of anilines is 2. The highest BCUT2D eigenvalue weighted by atomic mass is 16.5. The number of ether oxygens (including phenoxy) is 1. The number of aromatic nitrogens is 4. The molecule has 208 valence electrons. The van der Waals surface area contributed by atoms with Crippen molar-refractivity contribution < 1.29 is 19.4 Å². The molecule has 1 aliphatic heterocycles. The molecule has 2 aromatic carbocycles. The van der Waals surface area contributed by atoms with E-state index in [9.17, 15) is 9.59 Å². The number of hydrogen-bond acceptors (Lipinski definition) is 7. The van der Waals surface area contributed by atoms with E-state index in [1.807, 2.05) is 53.0 Å². The first-order valence-corrected chi connectivity index (χ1v) is 13.7. The van der Waals surface area contributed by atoms with Crippen LogP contribution in [0.2, 0.25) is 0 Å². The van der Waals surface area contributed by atoms with Gasteiger partial charge in [-0.3, -0.25) is 14.6 Å². The largest absolute Gasteiger partial charge is 0.481 e. The van der Waals surface area contributed by atoms with Gasteiger partial charge in [-0.1, -0.05) is 36.4 Å². The zero-order chi connectivity index (χ0) is 28.2. The van der Waals surface area contributed by atoms with Gasteiger partial charge in [0.05, 0.1) is 48.4 Å². The third-order valence-corrected chi connectivity index (χ3v) is 7.20. The van der Waals surface area contributed by atoms with Crippen molar-refractivity contribution >= 4 is 39.8 Å². The van der Waals surface area contributed by atoms with Crippen molar-refractivity contribution in [3.05, 3.63) is 84.3 Å². The van der Waals surface area contributed by atoms with Crippen molar-refractivity contribution in [2.45, 2.75) is 25.7 Å². The fourth-order valence-corrected chi connectivity index (χ4v) is 5.14. The molecule has 1 saturated heterocycles. The Kier molecular flexibility index (Phi) is 7.55. The lowest BCUT2D eigenvalue weighted by Gasteiger charge is -2.28. The van der Waals surface area contributed by atoms with Crippen LogP contribution in [-0.4, -0.2) is 62.9 Å². The number of benzene rings is 2. The summed E-state index contributed by atoms with van der Waals surface area (Å²) in [4.78, 5) is 35.2. The number of para-hydroxylation sites is 1. The van der Waals surface area contributed by atoms with E-state index < -0.39 is 5.97 Å². The molecular formula is C31H30N6O4. The van der Waals surface area contributed by atoms with E-state index in [2.05, 4.69) is 28.4 Å². The molecular weight excluding hydrogens is 520 g/mol. The van der Waals surface area contributed by atoms with Crippen molar-refractivity contribution in [3.63, 3.8) is 0 Å². The molecule has 0 radical (unpaired) electrons. The SMILES string of the molecule is O=C(O)CCC(=O)Nc1ccc(-c2c(CCc3ccc4ccccc4n3)nc3c(N4CCOCC4)ccnn23)cc1. The van der Waals surface area contributed by atoms with Gasteiger partial charge in [0, 0.05) is 41.8 Å². The summed E-state index contributed by atoms with van der Waals surface area (Å²) >= 11 is 0. The number of hydrogen-bond donors (Lipinski definition) is 2. The molecule has 0 spiro atoms. The predicted octanol–water partition coefficient (Wildman–Crippen LogP) is 4.37. The molecule has 0 unspecified atom stereocenters. The molecule has 0 saturated carbocycles. The number of carbonyl (C=O) groups excluding carboxylic acids is 1. The maximum Gasteiger partial charge on any atom is 0.303 e. The van der Waals surface area contributed by atoms with E-state index in [0.29, 0.717) is 31.7 Å². The number of aryl methyl sites for hydroxylation is 2. The standard InChI is InChI=1S/C31H30N6O4/c38-28(13-14-29(39)40)34-24-9-6-22(7-10-24)30-26(12-11-23-8-5-21-3-1-2-4-25(21)33-23)35-31-27(15-16-32-37(30)31)36-17-19-41-20-18-36/h1-10,15-16H,11-14,17-20H2,(H,34,38)(H,39,40). The van der Waals surface area contributed by atoms with Crippen LogP contribution in [0.5, 0.6) is 0 Å². The highest BCUT2D eigenvalue weighted by Gasteiger charge is 2.21. The van der Waals surface area contributed by atoms with Crippen LogP contribution in [-0.2, 0) is 27.2 Å². The monoisotopic (exact) mass is 550 g/mol. The Labute approximate surface area is 236 Å². The predicted molar refractivity (Wildman–Crippen MR) is 156 cm³/mol. The number of rotatable bonds is 9. The molecule has 6 rings (SSSR count). The minimum atomic E-state index is -1.00. The molecule has 41 heavy (non-hydrogen) atoms. The molecule has 0 bridgehead atoms. The topological polar surface area (TPSA) is 122 Å². The first-order chi connectivity index (χ1) is 20.0. The number of pyridine rings is 1. The second-order valence-electron chi connectivity index (χ2n) is 9.97. The van der Waals surface area contributed by atoms with Gasteiger partial charge < -0.3 is 20.1 Å². The van der Waals surface area contributed by atoms with E-state index in [1.54, 1.807) is 6.20 Å². The lowest BCUT2D eigenvalue weighted by atomic mass is 10.1. The van der Waals surface area contributed by atoms with Crippen LogP contribution < -0.4 is 10.2 Å². The maximum absolute atomic E-state index is 12.1. The van der Waals surface area contributed by atoms with E-state index in [-0.39, 0.29) is 18.7 Å². The van der Waals surface area contributed by atoms with Gasteiger partial charge in [-0.2, -0.15) is 5.10 Å². The van der Waals surface area contributed by atoms with Gasteiger partial charge in [0.2, 0.25) is 5.91 Å². The van der Waals surface area contributed by atoms with Gasteiger partial charge >= 0.3 is 5.97 Å². The number of carbonyl (C=O) groups is 2. The molecule has 1 aliphatic rings. The molecule has 3 aromatic heterocycles. The van der Waals surface area contributed by atoms with E-state index in [0.717, 1.165) is 58.0 Å². The van der Waals surface area contributed by atoms with Crippen LogP contribution >= 0.6 is 0 Å². The number of aliphatic carboxylic acids is 1. The first kappa shape index (κ1) is 26.4. The van der Waals surface area contributed by atoms with Crippen LogP contribution in [0.4, 0.5) is 11.4 Å². The van der Waals surface area contributed by atoms with Crippen molar-refractivity contribution in [1.29, 1.82) is 0 Å². The average molecular weight is 551 g/mol. The molecule has 10 nitrogen and oxygen atoms in total. The van der Waals surface area contributed by atoms with Crippen LogP contribution in [0.3, 0.4) is 0 Å². The molecule has 0 atom stereocenters. The normalized spacial score (nSPS) is 13.5. The lowest BCUT2D eigenvalue weighted by Crippen LogP contribution is -2.36. The number of nitrogens with zero attached hydrogens (tertiary/aromatic N) is 5. The Hall–Kier alpha value is -4.83. The van der Waals surface area contributed by atoms with Gasteiger partial charge in [-0.05, 0) is 43.2 Å². The maximum atomic E-state index is 12.1. The zero-order valence-electron chi connectivity index (χ0n) is 22.5. The Morgan fingerprint density at radius 3 is 2.51 bits per heavy atom. The van der Waals surface area contributed by atoms with Crippen LogP contribution in [0.15, 0.2) is 72.9 Å². The number of imidazole rings is 1. The number of morpholine rings is 1. The minimum absolute atomic E-state index is 0.0778. The van der Waals surface area contributed by atoms with Gasteiger partial charge in [0.25, 0.3) is 0 Å². The first-order valence-electron chi connectivity index (χ1n) is 13.7. The van der Waals surface area contributed by atoms with Gasteiger partial charge in [0.15, 0.2) is 5.65 Å². The highest BCUT2D eigenvalue weighted by Crippen LogP contribution is 2.31. The number of carboxylic acid groups (broad SMARTS) is 1. The second-order valence-corrected chi connectivity index (χ2v) is 9.97. The Balaban J connectivity index is 1.33. The van der Waals surface area contributed by atoms with Crippen molar-refractivity contribution in [2.75, 3.05) is 36.5 Å². The molecule has 5 aromatic rings. The lowest BCUT2D eigenvalue weighted by molar-refractivity contribution is -0.138. The smallest absolute Gasteiger partial charge is 0.303 e. The van der Waals surface area contributed by atoms with Gasteiger partial charge in [-0.25, -0.2) is 9.50 Å². The number of amides is 1. The molecule has 0 aliphatic carbocycles. The number of carboxylic acids is 1. The Bertz CT molecular complexity index is 1710. The number of fused-ring (bicyclic) bond motifs is 2. The summed E-state index contributed by atoms with van der Waals surface area (Å²) < 4.78 is 7.46. The summed E-state index contributed by atoms with van der Waals surface area (Å²) in [6.45, 7) is 2.91. The van der Waals surface area contributed by atoms with E-state index in [4.69, 9.17) is 24.9 Å². The molecule has 2 N–H and O–H groups in total. The number of nitrogens with one attached hydrogen (secondary N) is 1. The fraction of sp³-hybridized carbons (Fsp3) is 0.258. The molecule has 10 heteroatoms. The molecule has 1 fully saturated rings. The average Bonchev–Trinajstić information content (AvgIpc) is 3.38. The van der Waals surface area contributed by atoms with Crippen LogP contribution in [0.1, 0.15) is 24.2 Å². The Morgan fingerprint density at radius 2 is 1.71 bits per heavy atom. The van der Waals surface area contributed by atoms with E-state index >= 15 is 0 Å². The second kappa shape index (κ2) is 11.7. The minimum Gasteiger partial charge on any atom is -0.481 e. The van der Waals surface area contributed by atoms with E-state index in [1.165, 1.54) is 0 Å². The highest BCUT2D eigenvalue weighted by molar-refractivity contribution is 5.92. The quantitative estimate of drug-likeness (QED) is 0.278. The van der Waals surface area contributed by atoms with Crippen molar-refractivity contribution in [2.24, 2.45) is 0 Å².